The molecule has 8 heteroatoms. The molecule has 1 N–H and O–H groups in total. The van der Waals surface area contributed by atoms with Crippen molar-refractivity contribution in [2.24, 2.45) is 4.99 Å². The number of benzene rings is 3. The van der Waals surface area contributed by atoms with Crippen LogP contribution in [0.25, 0.3) is 0 Å². The molecule has 2 aliphatic heterocycles. The Kier molecular flexibility index (Phi) is 6.64. The topological polar surface area (TPSA) is 88.4 Å². The van der Waals surface area contributed by atoms with Crippen LogP contribution < -0.4 is 9.64 Å². The largest absolute Gasteiger partial charge is 0.494 e. The van der Waals surface area contributed by atoms with Crippen molar-refractivity contribution in [1.82, 2.24) is 0 Å². The van der Waals surface area contributed by atoms with Gasteiger partial charge in [-0.1, -0.05) is 46.3 Å². The maximum Gasteiger partial charge on any atom is 0.266 e. The molecule has 0 saturated heterocycles. The van der Waals surface area contributed by atoms with Crippen LogP contribution in [0.5, 0.6) is 5.75 Å². The van der Waals surface area contributed by atoms with Gasteiger partial charge in [0.15, 0.2) is 11.6 Å². The number of rotatable bonds is 7. The predicted molar refractivity (Wildman–Crippen MR) is 139 cm³/mol. The lowest BCUT2D eigenvalue weighted by molar-refractivity contribution is -0.131. The van der Waals surface area contributed by atoms with Gasteiger partial charge in [-0.15, -0.1) is 0 Å². The first-order chi connectivity index (χ1) is 17.4. The number of carbonyl (C=O) groups is 2. The van der Waals surface area contributed by atoms with Crippen LogP contribution in [0.2, 0.25) is 0 Å². The van der Waals surface area contributed by atoms with Gasteiger partial charge < -0.3 is 14.6 Å². The van der Waals surface area contributed by atoms with Crippen molar-refractivity contribution in [1.29, 1.82) is 0 Å². The normalized spacial score (nSPS) is 20.3. The Morgan fingerprint density at radius 1 is 1.11 bits per heavy atom. The smallest absolute Gasteiger partial charge is 0.266 e. The van der Waals surface area contributed by atoms with E-state index >= 15 is 0 Å². The predicted octanol–water partition coefficient (Wildman–Crippen LogP) is 4.60. The number of imide groups is 1. The number of amides is 2. The van der Waals surface area contributed by atoms with Crippen LogP contribution in [0.15, 0.2) is 82.3 Å². The number of anilines is 1. The maximum absolute atomic E-state index is 14.1. The van der Waals surface area contributed by atoms with Gasteiger partial charge in [-0.3, -0.25) is 9.59 Å². The minimum absolute atomic E-state index is 0.0668. The van der Waals surface area contributed by atoms with Gasteiger partial charge in [-0.05, 0) is 48.0 Å². The van der Waals surface area contributed by atoms with Gasteiger partial charge >= 0.3 is 0 Å². The van der Waals surface area contributed by atoms with Gasteiger partial charge in [0.2, 0.25) is 11.8 Å². The van der Waals surface area contributed by atoms with E-state index in [2.05, 4.69) is 15.9 Å². The van der Waals surface area contributed by atoms with Crippen LogP contribution in [-0.2, 0) is 20.7 Å². The lowest BCUT2D eigenvalue weighted by Gasteiger charge is -2.40. The second kappa shape index (κ2) is 9.87. The highest BCUT2D eigenvalue weighted by Crippen LogP contribution is 2.50. The molecule has 36 heavy (non-hydrogen) atoms. The number of aliphatic hydroxyl groups is 1. The van der Waals surface area contributed by atoms with Gasteiger partial charge in [0, 0.05) is 42.0 Å². The Labute approximate surface area is 217 Å². The molecule has 3 aromatic rings. The minimum atomic E-state index is -1.33. The van der Waals surface area contributed by atoms with E-state index < -0.39 is 17.6 Å². The van der Waals surface area contributed by atoms with Crippen LogP contribution in [0.4, 0.5) is 5.69 Å². The highest BCUT2D eigenvalue weighted by molar-refractivity contribution is 9.10. The number of halogens is 1. The summed E-state index contributed by atoms with van der Waals surface area (Å²) in [5, 5.41) is 8.95. The average Bonchev–Trinajstić information content (AvgIpc) is 3.27. The highest BCUT2D eigenvalue weighted by Gasteiger charge is 2.59. The van der Waals surface area contributed by atoms with E-state index in [-0.39, 0.29) is 18.9 Å². The fourth-order valence-corrected chi connectivity index (χ4v) is 4.95. The monoisotopic (exact) mass is 548 g/mol. The number of ether oxygens (including phenoxy) is 2. The number of carbonyl (C=O) groups excluding carboxylic acids is 2. The Bertz CT molecular complexity index is 1320. The Morgan fingerprint density at radius 2 is 1.83 bits per heavy atom. The van der Waals surface area contributed by atoms with Crippen molar-refractivity contribution in [3.63, 3.8) is 0 Å². The summed E-state index contributed by atoms with van der Waals surface area (Å²) in [7, 11) is 0. The average molecular weight is 549 g/mol. The Balaban J connectivity index is 1.58. The molecular formula is C28H25BrN2O5. The molecule has 0 saturated carbocycles. The summed E-state index contributed by atoms with van der Waals surface area (Å²) in [6.07, 6.45) is 0.135. The fraction of sp³-hybridized carbons (Fsp3) is 0.250. The van der Waals surface area contributed by atoms with E-state index in [9.17, 15) is 9.59 Å². The van der Waals surface area contributed by atoms with Crippen LogP contribution in [0.3, 0.4) is 0 Å². The minimum Gasteiger partial charge on any atom is -0.494 e. The molecule has 0 bridgehead atoms. The SMILES string of the molecule is CC(=O)N1C(=O)[C@@]2(Cc3ccc(Br)cc3)N=C(c3ccc(OCCCO)cc3)O[C@H]2c2ccccc21. The number of aliphatic hydroxyl groups excluding tert-OH is 1. The zero-order chi connectivity index (χ0) is 25.3. The van der Waals surface area contributed by atoms with Crippen molar-refractivity contribution >= 4 is 39.3 Å². The van der Waals surface area contributed by atoms with Gasteiger partial charge in [-0.25, -0.2) is 9.89 Å². The number of hydrogen-bond acceptors (Lipinski definition) is 6. The quantitative estimate of drug-likeness (QED) is 0.436. The second-order valence-electron chi connectivity index (χ2n) is 8.81. The number of nitrogens with zero attached hydrogens (tertiary/aromatic N) is 2. The molecule has 3 aromatic carbocycles. The third kappa shape index (κ3) is 4.31. The van der Waals surface area contributed by atoms with E-state index in [1.54, 1.807) is 24.3 Å². The van der Waals surface area contributed by atoms with Crippen molar-refractivity contribution in [2.45, 2.75) is 31.4 Å². The fourth-order valence-electron chi connectivity index (χ4n) is 4.69. The molecule has 2 amide bonds. The Morgan fingerprint density at radius 3 is 2.53 bits per heavy atom. The van der Waals surface area contributed by atoms with Crippen molar-refractivity contribution in [3.05, 3.63) is 94.0 Å². The summed E-state index contributed by atoms with van der Waals surface area (Å²) in [6, 6.07) is 22.3. The van der Waals surface area contributed by atoms with E-state index in [0.29, 0.717) is 35.9 Å². The van der Waals surface area contributed by atoms with Crippen LogP contribution in [-0.4, -0.2) is 41.6 Å². The molecule has 2 atom stereocenters. The van der Waals surface area contributed by atoms with Gasteiger partial charge in [0.05, 0.1) is 12.3 Å². The molecule has 7 nitrogen and oxygen atoms in total. The summed E-state index contributed by atoms with van der Waals surface area (Å²) in [5.41, 5.74) is 1.54. The first kappa shape index (κ1) is 24.2. The molecule has 0 aromatic heterocycles. The number of para-hydroxylation sites is 1. The number of hydrogen-bond donors (Lipinski definition) is 1. The molecule has 0 spiro atoms. The molecule has 2 heterocycles. The van der Waals surface area contributed by atoms with Crippen molar-refractivity contribution in [2.75, 3.05) is 18.1 Å². The van der Waals surface area contributed by atoms with Gasteiger partial charge in [0.25, 0.3) is 5.91 Å². The van der Waals surface area contributed by atoms with Crippen LogP contribution >= 0.6 is 15.9 Å². The second-order valence-corrected chi connectivity index (χ2v) is 9.73. The molecule has 0 radical (unpaired) electrons. The number of aliphatic imine (C=N–C) groups is 1. The standard InChI is InChI=1S/C28H25BrN2O5/c1-18(33)31-24-6-3-2-5-23(24)25-28(27(31)34,17-19-7-11-21(29)12-8-19)30-26(36-25)20-9-13-22(14-10-20)35-16-4-15-32/h2-3,5-14,25,32H,4,15-17H2,1H3/t25-,28-/m0/s1. The first-order valence-electron chi connectivity index (χ1n) is 11.7. The Hall–Kier alpha value is -3.49. The van der Waals surface area contributed by atoms with E-state index in [1.165, 1.54) is 11.8 Å². The molecule has 184 valence electrons. The summed E-state index contributed by atoms with van der Waals surface area (Å²) in [5.74, 6) is 0.235. The third-order valence-electron chi connectivity index (χ3n) is 6.37. The summed E-state index contributed by atoms with van der Waals surface area (Å²) in [4.78, 5) is 32.9. The van der Waals surface area contributed by atoms with Crippen molar-refractivity contribution in [3.8, 4) is 5.75 Å². The third-order valence-corrected chi connectivity index (χ3v) is 6.90. The maximum atomic E-state index is 14.1. The molecule has 0 aliphatic carbocycles. The van der Waals surface area contributed by atoms with Crippen LogP contribution in [0, 0.1) is 0 Å². The molecule has 0 unspecified atom stereocenters. The lowest BCUT2D eigenvalue weighted by atomic mass is 9.78. The molecule has 2 aliphatic rings. The van der Waals surface area contributed by atoms with Gasteiger partial charge in [0.1, 0.15) is 5.75 Å². The van der Waals surface area contributed by atoms with Crippen molar-refractivity contribution < 1.29 is 24.2 Å². The highest BCUT2D eigenvalue weighted by atomic mass is 79.9. The summed E-state index contributed by atoms with van der Waals surface area (Å²) >= 11 is 3.46. The summed E-state index contributed by atoms with van der Waals surface area (Å²) in [6.45, 7) is 1.87. The molecule has 0 fully saturated rings. The zero-order valence-corrected chi connectivity index (χ0v) is 21.3. The molecule has 5 rings (SSSR count). The number of fused-ring (bicyclic) bond motifs is 3. The lowest BCUT2D eigenvalue weighted by Crippen LogP contribution is -2.56. The van der Waals surface area contributed by atoms with E-state index in [1.807, 2.05) is 48.5 Å². The molecular weight excluding hydrogens is 524 g/mol. The first-order valence-corrected chi connectivity index (χ1v) is 12.5. The van der Waals surface area contributed by atoms with Gasteiger partial charge in [-0.2, -0.15) is 0 Å². The zero-order valence-electron chi connectivity index (χ0n) is 19.7. The van der Waals surface area contributed by atoms with Crippen LogP contribution in [0.1, 0.15) is 36.1 Å². The van der Waals surface area contributed by atoms with E-state index in [0.717, 1.165) is 15.6 Å². The summed E-state index contributed by atoms with van der Waals surface area (Å²) < 4.78 is 13.0. The van der Waals surface area contributed by atoms with E-state index in [4.69, 9.17) is 19.6 Å².